The third-order valence-electron chi connectivity index (χ3n) is 0. The average Bonchev–Trinajstić information content (AvgIpc) is 1.00. The van der Waals surface area contributed by atoms with Crippen molar-refractivity contribution < 1.29 is 72.7 Å². The van der Waals surface area contributed by atoms with Crippen LogP contribution in [0.15, 0.2) is 0 Å². The maximum absolute atomic E-state index is 2.03. The van der Waals surface area contributed by atoms with Gasteiger partial charge in [-0.3, -0.25) is 0 Å². The summed E-state index contributed by atoms with van der Waals surface area (Å²) in [7, 11) is 0. The van der Waals surface area contributed by atoms with E-state index in [1.807, 2.05) is 32.2 Å². The van der Waals surface area contributed by atoms with E-state index in [0.717, 1.165) is 0 Å². The molecule has 0 nitrogen and oxygen atoms in total. The molecule has 35 valence electrons. The molecule has 0 bridgehead atoms. The van der Waals surface area contributed by atoms with E-state index in [2.05, 4.69) is 0 Å². The maximum Gasteiger partial charge on any atom is 0 e. The second kappa shape index (κ2) is 17.5. The van der Waals surface area contributed by atoms with Gasteiger partial charge in [0, 0.05) is 40.5 Å². The van der Waals surface area contributed by atoms with Gasteiger partial charge in [-0.1, -0.05) is 0 Å². The van der Waals surface area contributed by atoms with Crippen molar-refractivity contribution in [2.24, 2.45) is 0 Å². The van der Waals surface area contributed by atoms with Gasteiger partial charge in [-0.05, 0) is 0 Å². The van der Waals surface area contributed by atoms with Crippen LogP contribution in [0.5, 0.6) is 0 Å². The van der Waals surface area contributed by atoms with Crippen LogP contribution in [-0.4, -0.2) is 0 Å². The van der Waals surface area contributed by atoms with Crippen molar-refractivity contribution in [3.05, 3.63) is 0 Å². The molecule has 0 rings (SSSR count). The number of rotatable bonds is 0. The molecule has 4 heavy (non-hydrogen) atoms. The van der Waals surface area contributed by atoms with Gasteiger partial charge in [0.05, 0.1) is 0 Å². The van der Waals surface area contributed by atoms with Crippen LogP contribution >= 0.6 is 0 Å². The van der Waals surface area contributed by atoms with Gasteiger partial charge in [-0.25, -0.2) is 0 Å². The summed E-state index contributed by atoms with van der Waals surface area (Å²) in [5.74, 6) is 0. The molecule has 0 N–H and O–H groups in total. The van der Waals surface area contributed by atoms with Crippen molar-refractivity contribution in [1.29, 1.82) is 0 Å². The number of hydrogen-bond donors (Lipinski definition) is 0. The molecule has 0 aliphatic rings. The minimum Gasteiger partial charge on any atom is 0 e. The van der Waals surface area contributed by atoms with E-state index >= 15 is 0 Å². The number of hydrogen-bond acceptors (Lipinski definition) is 0. The van der Waals surface area contributed by atoms with Crippen molar-refractivity contribution >= 4 is 0 Å². The summed E-state index contributed by atoms with van der Waals surface area (Å²) in [6.07, 6.45) is 0. The van der Waals surface area contributed by atoms with E-state index in [9.17, 15) is 0 Å². The van der Waals surface area contributed by atoms with E-state index < -0.39 is 0 Å². The van der Waals surface area contributed by atoms with Gasteiger partial charge in [0.2, 0.25) is 0 Å². The molecule has 0 aromatic heterocycles. The molecule has 0 radical (unpaired) electrons. The van der Waals surface area contributed by atoms with Gasteiger partial charge in [0.1, 0.15) is 0 Å². The van der Waals surface area contributed by atoms with Crippen LogP contribution in [-0.2, 0) is 72.7 Å². The molecule has 4 heteroatoms. The Hall–Kier alpha value is 2.60. The van der Waals surface area contributed by atoms with Crippen molar-refractivity contribution in [2.75, 3.05) is 0 Å². The SMILES string of the molecule is [Os][Ir].[Pt].[Ru]. The summed E-state index contributed by atoms with van der Waals surface area (Å²) in [6.45, 7) is 0. The zero-order chi connectivity index (χ0) is 2.00. The van der Waals surface area contributed by atoms with Gasteiger partial charge in [0.15, 0.2) is 0 Å². The summed E-state index contributed by atoms with van der Waals surface area (Å²) in [5.41, 5.74) is 0. The van der Waals surface area contributed by atoms with E-state index in [1.54, 1.807) is 0 Å². The van der Waals surface area contributed by atoms with Crippen LogP contribution in [0.25, 0.3) is 0 Å². The molecule has 0 aromatic carbocycles. The van der Waals surface area contributed by atoms with Crippen molar-refractivity contribution in [1.82, 2.24) is 0 Å². The molecule has 0 saturated heterocycles. The van der Waals surface area contributed by atoms with Crippen LogP contribution < -0.4 is 0 Å². The smallest absolute Gasteiger partial charge is 0 e. The molecule has 0 aromatic rings. The van der Waals surface area contributed by atoms with Gasteiger partial charge < -0.3 is 0 Å². The molecular formula is IrOsPtRu. The molecule has 0 aliphatic carbocycles. The maximum atomic E-state index is 2.03. The van der Waals surface area contributed by atoms with E-state index in [1.165, 1.54) is 0 Å². The summed E-state index contributed by atoms with van der Waals surface area (Å²) in [4.78, 5) is 0. The van der Waals surface area contributed by atoms with Crippen LogP contribution in [0, 0.1) is 0 Å². The fourth-order valence-electron chi connectivity index (χ4n) is 0. The third kappa shape index (κ3) is 8.82. The fourth-order valence-corrected chi connectivity index (χ4v) is 0. The van der Waals surface area contributed by atoms with Crippen LogP contribution in [0.1, 0.15) is 0 Å². The Balaban J connectivity index is -0.00000000500. The fraction of sp³-hybridized carbons (Fsp3) is 0. The first-order valence-electron chi connectivity index (χ1n) is 0.118. The van der Waals surface area contributed by atoms with E-state index in [-0.39, 0.29) is 40.5 Å². The molecule has 0 atom stereocenters. The van der Waals surface area contributed by atoms with Crippen LogP contribution in [0.2, 0.25) is 0 Å². The Morgan fingerprint density at radius 2 is 1.25 bits per heavy atom. The van der Waals surface area contributed by atoms with E-state index in [0.29, 0.717) is 0 Å². The van der Waals surface area contributed by atoms with Crippen LogP contribution in [0.3, 0.4) is 0 Å². The normalized spacial score (nSPS) is 1.75. The second-order valence-electron chi connectivity index (χ2n) is 0. The summed E-state index contributed by atoms with van der Waals surface area (Å²) in [5, 5.41) is 0. The topological polar surface area (TPSA) is 0 Å². The Bertz CT molecular complexity index is 8.00. The van der Waals surface area contributed by atoms with Crippen molar-refractivity contribution in [3.63, 3.8) is 0 Å². The molecular weight excluding hydrogens is 679 g/mol. The second-order valence-corrected chi connectivity index (χ2v) is 0. The Kier molecular flexibility index (Phi) is 70.0. The Labute approximate surface area is 71.6 Å². The first kappa shape index (κ1) is 16.0. The standard InChI is InChI=1S/Ir.Os.Pt.Ru. The van der Waals surface area contributed by atoms with Crippen molar-refractivity contribution in [2.45, 2.75) is 0 Å². The summed E-state index contributed by atoms with van der Waals surface area (Å²) < 4.78 is 0. The molecule has 0 amide bonds. The third-order valence-corrected chi connectivity index (χ3v) is 0. The zero-order valence-electron chi connectivity index (χ0n) is 1.36. The van der Waals surface area contributed by atoms with Crippen molar-refractivity contribution in [3.8, 4) is 0 Å². The Morgan fingerprint density at radius 1 is 1.25 bits per heavy atom. The molecule has 0 heterocycles. The first-order valence-corrected chi connectivity index (χ1v) is 7.90. The van der Waals surface area contributed by atoms with Crippen LogP contribution in [0.4, 0.5) is 0 Å². The Morgan fingerprint density at radius 3 is 1.25 bits per heavy atom. The minimum absolute atomic E-state index is 0. The predicted molar refractivity (Wildman–Crippen MR) is 0 cm³/mol. The summed E-state index contributed by atoms with van der Waals surface area (Å²) >= 11 is 3.89. The monoisotopic (exact) mass is 682 g/mol. The average molecular weight is 679 g/mol. The minimum atomic E-state index is 0. The largest absolute Gasteiger partial charge is 0 e. The molecule has 0 fully saturated rings. The molecule has 0 spiro atoms. The van der Waals surface area contributed by atoms with Gasteiger partial charge in [0.25, 0.3) is 0 Å². The predicted octanol–water partition coefficient (Wildman–Crippen LogP) is -0.0100. The van der Waals surface area contributed by atoms with E-state index in [4.69, 9.17) is 0 Å². The summed E-state index contributed by atoms with van der Waals surface area (Å²) in [6, 6.07) is 0. The zero-order valence-corrected chi connectivity index (χ0v) is 10.3. The first-order chi connectivity index (χ1) is 1.00. The molecule has 0 unspecified atom stereocenters. The molecule has 0 saturated carbocycles. The molecule has 0 aliphatic heterocycles. The van der Waals surface area contributed by atoms with Gasteiger partial charge in [-0.15, -0.1) is 0 Å². The van der Waals surface area contributed by atoms with Gasteiger partial charge >= 0.3 is 32.2 Å². The quantitative estimate of drug-likeness (QED) is 0.317. The van der Waals surface area contributed by atoms with Gasteiger partial charge in [-0.2, -0.15) is 0 Å².